The number of fused-ring (bicyclic) bond motifs is 2. The summed E-state index contributed by atoms with van der Waals surface area (Å²) in [4.78, 5) is 7.26. The molecule has 12 heteroatoms. The molecule has 0 saturated carbocycles. The van der Waals surface area contributed by atoms with E-state index < -0.39 is 36.3 Å². The van der Waals surface area contributed by atoms with Crippen molar-refractivity contribution in [3.8, 4) is 0 Å². The van der Waals surface area contributed by atoms with Crippen molar-refractivity contribution in [2.45, 2.75) is 44.7 Å². The van der Waals surface area contributed by atoms with E-state index in [-0.39, 0.29) is 26.1 Å². The van der Waals surface area contributed by atoms with E-state index in [9.17, 15) is 28.5 Å². The summed E-state index contributed by atoms with van der Waals surface area (Å²) in [7, 11) is 0. The van der Waals surface area contributed by atoms with Crippen LogP contribution in [0.15, 0.2) is 40.3 Å². The highest BCUT2D eigenvalue weighted by Gasteiger charge is 2.54. The Hall–Kier alpha value is -1.96. The van der Waals surface area contributed by atoms with Gasteiger partial charge in [0.2, 0.25) is 0 Å². The number of aliphatic imine (C=N–C) groups is 1. The van der Waals surface area contributed by atoms with Crippen molar-refractivity contribution in [1.82, 2.24) is 15.1 Å². The highest BCUT2D eigenvalue weighted by atomic mass is 19.4. The van der Waals surface area contributed by atoms with Crippen molar-refractivity contribution < 1.29 is 28.5 Å². The summed E-state index contributed by atoms with van der Waals surface area (Å²) in [6, 6.07) is 0. The van der Waals surface area contributed by atoms with E-state index in [1.54, 1.807) is 16.7 Å². The molecule has 1 spiro atoms. The number of nitrogens with two attached hydrogens (primary N) is 2. The topological polar surface area (TPSA) is 144 Å². The zero-order valence-electron chi connectivity index (χ0n) is 17.8. The third-order valence-electron chi connectivity index (χ3n) is 6.27. The normalized spacial score (nSPS) is 29.9. The predicted molar refractivity (Wildman–Crippen MR) is 112 cm³/mol. The first-order chi connectivity index (χ1) is 15.0. The van der Waals surface area contributed by atoms with Gasteiger partial charge in [-0.2, -0.15) is 13.2 Å². The number of hydrogen-bond donors (Lipinski definition) is 6. The molecule has 2 saturated heterocycles. The molecule has 3 rings (SSSR count). The van der Waals surface area contributed by atoms with Crippen molar-refractivity contribution in [3.63, 3.8) is 0 Å². The highest BCUT2D eigenvalue weighted by Crippen LogP contribution is 2.52. The lowest BCUT2D eigenvalue weighted by Gasteiger charge is -2.30. The number of alkyl halides is 3. The first-order valence-electron chi connectivity index (χ1n) is 10.4. The molecule has 5 atom stereocenters. The number of halogens is 3. The summed E-state index contributed by atoms with van der Waals surface area (Å²) in [6.07, 6.45) is -2.46. The second kappa shape index (κ2) is 9.49. The Morgan fingerprint density at radius 2 is 2.09 bits per heavy atom. The van der Waals surface area contributed by atoms with Crippen molar-refractivity contribution in [3.05, 3.63) is 35.3 Å². The van der Waals surface area contributed by atoms with Crippen LogP contribution in [0.2, 0.25) is 0 Å². The number of allylic oxidation sites excluding steroid dienone is 4. The lowest BCUT2D eigenvalue weighted by molar-refractivity contribution is -0.160. The maximum Gasteiger partial charge on any atom is 0.395 e. The van der Waals surface area contributed by atoms with Crippen LogP contribution in [-0.4, -0.2) is 82.5 Å². The van der Waals surface area contributed by atoms with Gasteiger partial charge in [-0.05, 0) is 25.3 Å². The largest absolute Gasteiger partial charge is 0.403 e. The minimum atomic E-state index is -4.38. The van der Waals surface area contributed by atoms with E-state index in [4.69, 9.17) is 11.5 Å². The fourth-order valence-electron chi connectivity index (χ4n) is 4.56. The fraction of sp³-hybridized carbons (Fsp3) is 0.650. The van der Waals surface area contributed by atoms with Crippen molar-refractivity contribution in [2.24, 2.45) is 27.8 Å². The molecule has 3 aliphatic rings. The predicted octanol–water partition coefficient (Wildman–Crippen LogP) is -0.262. The van der Waals surface area contributed by atoms with Crippen LogP contribution in [-0.2, 0) is 0 Å². The molecule has 8 N–H and O–H groups in total. The molecular formula is C20H31F3N6O3. The highest BCUT2D eigenvalue weighted by molar-refractivity contribution is 5.61. The summed E-state index contributed by atoms with van der Waals surface area (Å²) in [5.41, 5.74) is 11.7. The van der Waals surface area contributed by atoms with E-state index in [1.165, 1.54) is 24.6 Å². The summed E-state index contributed by atoms with van der Waals surface area (Å²) < 4.78 is 40.4. The third kappa shape index (κ3) is 5.00. The molecule has 1 aliphatic carbocycles. The first-order valence-corrected chi connectivity index (χ1v) is 10.4. The second-order valence-electron chi connectivity index (χ2n) is 8.49. The zero-order chi connectivity index (χ0) is 23.7. The Balaban J connectivity index is 1.83. The standard InChI is InChI=1S/C20H31F3N6O3/c1-12(9-24)26-5-6-27-18(32)29-11-19(4-7-28(10-19)17(31)16(25)30)14-8-13(20(21,22)23)2-3-15(14)29/h3,5,8-9,13,16-18,27,30-32H,2,4,6-7,10-11,24-25H2,1H3/b12-9-,26-5?. The Morgan fingerprint density at radius 1 is 1.38 bits per heavy atom. The van der Waals surface area contributed by atoms with Crippen LogP contribution in [0, 0.1) is 11.3 Å². The fourth-order valence-corrected chi connectivity index (χ4v) is 4.56. The average Bonchev–Trinajstić information content (AvgIpc) is 3.31. The van der Waals surface area contributed by atoms with Gasteiger partial charge in [0.05, 0.1) is 11.6 Å². The monoisotopic (exact) mass is 460 g/mol. The maximum absolute atomic E-state index is 13.5. The molecule has 2 aliphatic heterocycles. The van der Waals surface area contributed by atoms with Gasteiger partial charge in [-0.3, -0.25) is 15.2 Å². The van der Waals surface area contributed by atoms with Gasteiger partial charge in [0.25, 0.3) is 0 Å². The van der Waals surface area contributed by atoms with Gasteiger partial charge in [-0.15, -0.1) is 0 Å². The number of rotatable bonds is 7. The number of nitrogens with zero attached hydrogens (tertiary/aromatic N) is 3. The van der Waals surface area contributed by atoms with Crippen molar-refractivity contribution >= 4 is 6.21 Å². The number of likely N-dealkylation sites (tertiary alicyclic amines) is 2. The van der Waals surface area contributed by atoms with Gasteiger partial charge < -0.3 is 31.7 Å². The lowest BCUT2D eigenvalue weighted by Crippen LogP contribution is -2.48. The molecule has 0 aromatic carbocycles. The van der Waals surface area contributed by atoms with Crippen LogP contribution < -0.4 is 16.8 Å². The van der Waals surface area contributed by atoms with E-state index in [1.807, 2.05) is 0 Å². The van der Waals surface area contributed by atoms with Crippen molar-refractivity contribution in [1.29, 1.82) is 0 Å². The number of aliphatic hydroxyl groups is 3. The van der Waals surface area contributed by atoms with Gasteiger partial charge >= 0.3 is 6.18 Å². The van der Waals surface area contributed by atoms with Crippen LogP contribution in [0.4, 0.5) is 13.2 Å². The lowest BCUT2D eigenvalue weighted by atomic mass is 9.77. The molecule has 2 heterocycles. The van der Waals surface area contributed by atoms with Crippen LogP contribution in [0.25, 0.3) is 0 Å². The van der Waals surface area contributed by atoms with E-state index in [0.717, 1.165) is 0 Å². The Bertz CT molecular complexity index is 813. The van der Waals surface area contributed by atoms with Gasteiger partial charge in [-0.25, -0.2) is 0 Å². The maximum atomic E-state index is 13.5. The van der Waals surface area contributed by atoms with Crippen LogP contribution >= 0.6 is 0 Å². The third-order valence-corrected chi connectivity index (χ3v) is 6.27. The Labute approximate surface area is 184 Å². The summed E-state index contributed by atoms with van der Waals surface area (Å²) in [5.74, 6) is -1.61. The summed E-state index contributed by atoms with van der Waals surface area (Å²) >= 11 is 0. The molecular weight excluding hydrogens is 429 g/mol. The van der Waals surface area contributed by atoms with Gasteiger partial charge in [0.15, 0.2) is 6.35 Å². The minimum Gasteiger partial charge on any atom is -0.403 e. The SMILES string of the molecule is C/C(=C/N)N=CCNC(O)N1CC2(CCN(C(O)C(N)O)C2)C2=CC(C(F)(F)F)CC=C21. The Kier molecular flexibility index (Phi) is 7.32. The van der Waals surface area contributed by atoms with E-state index in [2.05, 4.69) is 10.3 Å². The van der Waals surface area contributed by atoms with Crippen LogP contribution in [0.1, 0.15) is 19.8 Å². The minimum absolute atomic E-state index is 0.210. The molecule has 2 fully saturated rings. The molecule has 5 unspecified atom stereocenters. The van der Waals surface area contributed by atoms with E-state index in [0.29, 0.717) is 29.9 Å². The second-order valence-corrected chi connectivity index (χ2v) is 8.49. The first kappa shape index (κ1) is 24.7. The molecule has 180 valence electrons. The molecule has 0 aromatic heterocycles. The van der Waals surface area contributed by atoms with Crippen LogP contribution in [0.5, 0.6) is 0 Å². The van der Waals surface area contributed by atoms with Crippen molar-refractivity contribution in [2.75, 3.05) is 26.2 Å². The Morgan fingerprint density at radius 3 is 2.72 bits per heavy atom. The summed E-state index contributed by atoms with van der Waals surface area (Å²) in [6.45, 7) is 2.76. The summed E-state index contributed by atoms with van der Waals surface area (Å²) in [5, 5.41) is 33.3. The number of hydrogen-bond acceptors (Lipinski definition) is 9. The zero-order valence-corrected chi connectivity index (χ0v) is 17.8. The van der Waals surface area contributed by atoms with E-state index >= 15 is 0 Å². The average molecular weight is 461 g/mol. The molecule has 0 amide bonds. The number of nitrogens with one attached hydrogen (secondary N) is 1. The smallest absolute Gasteiger partial charge is 0.395 e. The number of aliphatic hydroxyl groups excluding tert-OH is 3. The van der Waals surface area contributed by atoms with Gasteiger partial charge in [0.1, 0.15) is 12.5 Å². The molecule has 32 heavy (non-hydrogen) atoms. The van der Waals surface area contributed by atoms with Gasteiger partial charge in [0, 0.05) is 49.7 Å². The molecule has 9 nitrogen and oxygen atoms in total. The van der Waals surface area contributed by atoms with Crippen LogP contribution in [0.3, 0.4) is 0 Å². The van der Waals surface area contributed by atoms with Gasteiger partial charge in [-0.1, -0.05) is 12.2 Å². The molecule has 0 aromatic rings. The quantitative estimate of drug-likeness (QED) is 0.225. The molecule has 0 bridgehead atoms. The molecule has 0 radical (unpaired) electrons.